The molecule has 1 aromatic rings. The predicted molar refractivity (Wildman–Crippen MR) is 93.5 cm³/mol. The largest absolute Gasteiger partial charge is 0.271 e. The van der Waals surface area contributed by atoms with E-state index in [0.717, 1.165) is 11.7 Å². The maximum Gasteiger partial charge on any atom is 0.0377 e. The SMILES string of the molecule is Cc1cc(C)cc(CC(NN)C2CSC(C)C(C)S2)c1. The number of aryl methyl sites for hydroxylation is 2. The monoisotopic (exact) mass is 310 g/mol. The van der Waals surface area contributed by atoms with Crippen molar-refractivity contribution in [3.05, 3.63) is 34.9 Å². The summed E-state index contributed by atoms with van der Waals surface area (Å²) in [4.78, 5) is 0. The summed E-state index contributed by atoms with van der Waals surface area (Å²) in [6.45, 7) is 8.99. The van der Waals surface area contributed by atoms with Crippen molar-refractivity contribution < 1.29 is 0 Å². The van der Waals surface area contributed by atoms with Crippen molar-refractivity contribution in [3.63, 3.8) is 0 Å². The van der Waals surface area contributed by atoms with Crippen molar-refractivity contribution in [3.8, 4) is 0 Å². The molecule has 4 heteroatoms. The Labute approximate surface area is 131 Å². The van der Waals surface area contributed by atoms with Gasteiger partial charge in [0, 0.05) is 27.5 Å². The van der Waals surface area contributed by atoms with E-state index in [4.69, 9.17) is 5.84 Å². The lowest BCUT2D eigenvalue weighted by atomic mass is 10.00. The molecule has 1 aliphatic rings. The van der Waals surface area contributed by atoms with Crippen LogP contribution < -0.4 is 11.3 Å². The second-order valence-electron chi connectivity index (χ2n) is 5.89. The molecule has 4 atom stereocenters. The quantitative estimate of drug-likeness (QED) is 0.661. The third kappa shape index (κ3) is 4.17. The number of hydrogen-bond donors (Lipinski definition) is 2. The molecule has 1 aliphatic heterocycles. The summed E-state index contributed by atoms with van der Waals surface area (Å²) >= 11 is 4.17. The molecule has 20 heavy (non-hydrogen) atoms. The van der Waals surface area contributed by atoms with Gasteiger partial charge in [-0.05, 0) is 25.8 Å². The normalized spacial score (nSPS) is 28.4. The Bertz CT molecular complexity index is 430. The van der Waals surface area contributed by atoms with Crippen LogP contribution in [0.4, 0.5) is 0 Å². The summed E-state index contributed by atoms with van der Waals surface area (Å²) in [5, 5.41) is 2.04. The molecular weight excluding hydrogens is 284 g/mol. The van der Waals surface area contributed by atoms with E-state index in [9.17, 15) is 0 Å². The van der Waals surface area contributed by atoms with Gasteiger partial charge in [-0.25, -0.2) is 0 Å². The molecule has 3 N–H and O–H groups in total. The van der Waals surface area contributed by atoms with Gasteiger partial charge >= 0.3 is 0 Å². The average Bonchev–Trinajstić information content (AvgIpc) is 2.38. The van der Waals surface area contributed by atoms with Crippen LogP contribution in [0.3, 0.4) is 0 Å². The summed E-state index contributed by atoms with van der Waals surface area (Å²) in [7, 11) is 0. The van der Waals surface area contributed by atoms with Crippen molar-refractivity contribution in [2.24, 2.45) is 5.84 Å². The molecule has 4 unspecified atom stereocenters. The van der Waals surface area contributed by atoms with Crippen LogP contribution in [-0.2, 0) is 6.42 Å². The first-order valence-corrected chi connectivity index (χ1v) is 9.29. The molecule has 1 fully saturated rings. The number of thioether (sulfide) groups is 2. The third-order valence-corrected chi connectivity index (χ3v) is 7.53. The lowest BCUT2D eigenvalue weighted by Crippen LogP contribution is -2.47. The second kappa shape index (κ2) is 7.21. The number of nitrogens with one attached hydrogen (secondary N) is 1. The van der Waals surface area contributed by atoms with Crippen molar-refractivity contribution in [2.45, 2.75) is 55.9 Å². The maximum absolute atomic E-state index is 5.84. The lowest BCUT2D eigenvalue weighted by Gasteiger charge is -2.35. The molecule has 0 aromatic heterocycles. The van der Waals surface area contributed by atoms with E-state index in [-0.39, 0.29) is 0 Å². The zero-order valence-electron chi connectivity index (χ0n) is 12.8. The van der Waals surface area contributed by atoms with E-state index < -0.39 is 0 Å². The number of rotatable bonds is 4. The summed E-state index contributed by atoms with van der Waals surface area (Å²) < 4.78 is 0. The minimum absolute atomic E-state index is 0.351. The molecule has 2 nitrogen and oxygen atoms in total. The summed E-state index contributed by atoms with van der Waals surface area (Å²) in [6, 6.07) is 7.14. The van der Waals surface area contributed by atoms with E-state index in [1.54, 1.807) is 0 Å². The van der Waals surface area contributed by atoms with Crippen LogP contribution in [0.15, 0.2) is 18.2 Å². The van der Waals surface area contributed by atoms with Crippen molar-refractivity contribution in [1.82, 2.24) is 5.43 Å². The molecule has 112 valence electrons. The van der Waals surface area contributed by atoms with Gasteiger partial charge in [-0.3, -0.25) is 11.3 Å². The number of hydrogen-bond acceptors (Lipinski definition) is 4. The van der Waals surface area contributed by atoms with Crippen molar-refractivity contribution in [2.75, 3.05) is 5.75 Å². The van der Waals surface area contributed by atoms with Gasteiger partial charge in [0.1, 0.15) is 0 Å². The number of benzene rings is 1. The van der Waals surface area contributed by atoms with Crippen LogP contribution in [0.5, 0.6) is 0 Å². The van der Waals surface area contributed by atoms with Crippen LogP contribution in [0.1, 0.15) is 30.5 Å². The van der Waals surface area contributed by atoms with E-state index in [0.29, 0.717) is 16.5 Å². The van der Waals surface area contributed by atoms with E-state index in [1.165, 1.54) is 22.4 Å². The molecular formula is C16H26N2S2. The third-order valence-electron chi connectivity index (χ3n) is 3.97. The molecule has 1 heterocycles. The van der Waals surface area contributed by atoms with Gasteiger partial charge in [0.25, 0.3) is 0 Å². The van der Waals surface area contributed by atoms with Gasteiger partial charge in [0.2, 0.25) is 0 Å². The zero-order chi connectivity index (χ0) is 14.7. The Morgan fingerprint density at radius 3 is 2.40 bits per heavy atom. The maximum atomic E-state index is 5.84. The fraction of sp³-hybridized carbons (Fsp3) is 0.625. The summed E-state index contributed by atoms with van der Waals surface area (Å²) in [6.07, 6.45) is 1.01. The van der Waals surface area contributed by atoms with Crippen LogP contribution in [0.2, 0.25) is 0 Å². The first kappa shape index (κ1) is 16.2. The second-order valence-corrected chi connectivity index (χ2v) is 8.92. The lowest BCUT2D eigenvalue weighted by molar-refractivity contribution is 0.521. The van der Waals surface area contributed by atoms with Gasteiger partial charge in [-0.1, -0.05) is 43.2 Å². The van der Waals surface area contributed by atoms with Gasteiger partial charge in [0.15, 0.2) is 0 Å². The van der Waals surface area contributed by atoms with Crippen LogP contribution in [-0.4, -0.2) is 27.5 Å². The Kier molecular flexibility index (Phi) is 5.84. The Balaban J connectivity index is 2.05. The average molecular weight is 311 g/mol. The molecule has 0 aliphatic carbocycles. The zero-order valence-corrected chi connectivity index (χ0v) is 14.5. The van der Waals surface area contributed by atoms with Crippen molar-refractivity contribution in [1.29, 1.82) is 0 Å². The Hall–Kier alpha value is -0.160. The molecule has 2 rings (SSSR count). The van der Waals surface area contributed by atoms with E-state index in [1.807, 2.05) is 0 Å². The fourth-order valence-corrected chi connectivity index (χ4v) is 5.87. The predicted octanol–water partition coefficient (Wildman–Crippen LogP) is 3.30. The Morgan fingerprint density at radius 1 is 1.20 bits per heavy atom. The molecule has 0 radical (unpaired) electrons. The summed E-state index contributed by atoms with van der Waals surface area (Å²) in [5.41, 5.74) is 7.12. The van der Waals surface area contributed by atoms with E-state index in [2.05, 4.69) is 74.8 Å². The molecule has 0 saturated carbocycles. The number of hydrazine groups is 1. The summed E-state index contributed by atoms with van der Waals surface area (Å²) in [5.74, 6) is 7.03. The minimum Gasteiger partial charge on any atom is -0.271 e. The molecule has 0 bridgehead atoms. The van der Waals surface area contributed by atoms with Crippen LogP contribution in [0.25, 0.3) is 0 Å². The number of nitrogens with two attached hydrogens (primary N) is 1. The molecule has 0 spiro atoms. The molecule has 1 saturated heterocycles. The van der Waals surface area contributed by atoms with Crippen LogP contribution in [0, 0.1) is 13.8 Å². The highest BCUT2D eigenvalue weighted by molar-refractivity contribution is 8.07. The van der Waals surface area contributed by atoms with Gasteiger partial charge in [0.05, 0.1) is 0 Å². The standard InChI is InChI=1S/C16H26N2S2/c1-10-5-11(2)7-14(6-10)8-15(18-17)16-9-19-12(3)13(4)20-16/h5-7,12-13,15-16,18H,8-9,17H2,1-4H3. The van der Waals surface area contributed by atoms with Gasteiger partial charge in [-0.2, -0.15) is 23.5 Å². The van der Waals surface area contributed by atoms with E-state index >= 15 is 0 Å². The van der Waals surface area contributed by atoms with Gasteiger partial charge < -0.3 is 0 Å². The fourth-order valence-electron chi connectivity index (χ4n) is 2.76. The molecule has 0 amide bonds. The van der Waals surface area contributed by atoms with Crippen LogP contribution >= 0.6 is 23.5 Å². The smallest absolute Gasteiger partial charge is 0.0377 e. The van der Waals surface area contributed by atoms with Gasteiger partial charge in [-0.15, -0.1) is 0 Å². The first-order chi connectivity index (χ1) is 9.49. The van der Waals surface area contributed by atoms with Crippen molar-refractivity contribution >= 4 is 23.5 Å². The topological polar surface area (TPSA) is 38.0 Å². The highest BCUT2D eigenvalue weighted by atomic mass is 32.2. The highest BCUT2D eigenvalue weighted by Crippen LogP contribution is 2.37. The highest BCUT2D eigenvalue weighted by Gasteiger charge is 2.30. The Morgan fingerprint density at radius 2 is 1.85 bits per heavy atom. The molecule has 1 aromatic carbocycles. The first-order valence-electron chi connectivity index (χ1n) is 7.30. The minimum atomic E-state index is 0.351.